The zero-order valence-corrected chi connectivity index (χ0v) is 12.7. The summed E-state index contributed by atoms with van der Waals surface area (Å²) in [7, 11) is -1.47. The zero-order valence-electron chi connectivity index (χ0n) is 11.9. The molecule has 0 aliphatic heterocycles. The van der Waals surface area contributed by atoms with Gasteiger partial charge < -0.3 is 10.1 Å². The van der Waals surface area contributed by atoms with Gasteiger partial charge in [-0.25, -0.2) is 13.1 Å². The van der Waals surface area contributed by atoms with Crippen molar-refractivity contribution in [1.82, 2.24) is 10.0 Å². The average molecular weight is 286 g/mol. The molecule has 108 valence electrons. The Morgan fingerprint density at radius 3 is 2.58 bits per heavy atom. The van der Waals surface area contributed by atoms with Crippen LogP contribution in [0.4, 0.5) is 0 Å². The third kappa shape index (κ3) is 5.59. The number of benzene rings is 1. The Bertz CT molecular complexity index is 515. The summed E-state index contributed by atoms with van der Waals surface area (Å²) in [6, 6.07) is 6.14. The van der Waals surface area contributed by atoms with Crippen LogP contribution in [0.3, 0.4) is 0 Å². The second-order valence-corrected chi connectivity index (χ2v) is 6.42. The van der Waals surface area contributed by atoms with Crippen LogP contribution < -0.4 is 14.8 Å². The van der Waals surface area contributed by atoms with Crippen molar-refractivity contribution in [3.05, 3.63) is 29.3 Å². The second-order valence-electron chi connectivity index (χ2n) is 4.59. The lowest BCUT2D eigenvalue weighted by Crippen LogP contribution is -2.32. The molecule has 1 atom stereocenters. The molecule has 0 spiro atoms. The van der Waals surface area contributed by atoms with Gasteiger partial charge in [-0.15, -0.1) is 0 Å². The SMILES string of the molecule is COc1cc(C)ccc1C(C)NCCNS(C)(=O)=O. The minimum Gasteiger partial charge on any atom is -0.496 e. The van der Waals surface area contributed by atoms with Crippen LogP contribution in [0, 0.1) is 6.92 Å². The fourth-order valence-electron chi connectivity index (χ4n) is 1.81. The van der Waals surface area contributed by atoms with Crippen LogP contribution in [-0.2, 0) is 10.0 Å². The van der Waals surface area contributed by atoms with Gasteiger partial charge in [0.1, 0.15) is 5.75 Å². The van der Waals surface area contributed by atoms with E-state index < -0.39 is 10.0 Å². The molecule has 0 aliphatic rings. The van der Waals surface area contributed by atoms with E-state index >= 15 is 0 Å². The molecule has 1 unspecified atom stereocenters. The van der Waals surface area contributed by atoms with Crippen LogP contribution >= 0.6 is 0 Å². The topological polar surface area (TPSA) is 67.4 Å². The summed E-state index contributed by atoms with van der Waals surface area (Å²) in [5.74, 6) is 0.844. The summed E-state index contributed by atoms with van der Waals surface area (Å²) in [5, 5.41) is 3.26. The quantitative estimate of drug-likeness (QED) is 0.739. The fourth-order valence-corrected chi connectivity index (χ4v) is 2.28. The maximum Gasteiger partial charge on any atom is 0.208 e. The van der Waals surface area contributed by atoms with Crippen molar-refractivity contribution in [2.45, 2.75) is 19.9 Å². The average Bonchev–Trinajstić information content (AvgIpc) is 2.33. The molecule has 19 heavy (non-hydrogen) atoms. The van der Waals surface area contributed by atoms with Gasteiger partial charge in [0.05, 0.1) is 13.4 Å². The molecule has 0 aromatic heterocycles. The van der Waals surface area contributed by atoms with E-state index in [2.05, 4.69) is 10.0 Å². The molecular weight excluding hydrogens is 264 g/mol. The van der Waals surface area contributed by atoms with Crippen molar-refractivity contribution in [3.63, 3.8) is 0 Å². The number of ether oxygens (including phenoxy) is 1. The Hall–Kier alpha value is -1.11. The highest BCUT2D eigenvalue weighted by atomic mass is 32.2. The lowest BCUT2D eigenvalue weighted by atomic mass is 10.1. The van der Waals surface area contributed by atoms with Crippen LogP contribution in [0.5, 0.6) is 5.75 Å². The number of rotatable bonds is 7. The molecule has 2 N–H and O–H groups in total. The Morgan fingerprint density at radius 2 is 2.00 bits per heavy atom. The fraction of sp³-hybridized carbons (Fsp3) is 0.538. The van der Waals surface area contributed by atoms with E-state index in [0.717, 1.165) is 23.1 Å². The summed E-state index contributed by atoms with van der Waals surface area (Å²) in [5.41, 5.74) is 2.21. The molecule has 0 aliphatic carbocycles. The van der Waals surface area contributed by atoms with Crippen molar-refractivity contribution in [3.8, 4) is 5.75 Å². The minimum atomic E-state index is -3.12. The van der Waals surface area contributed by atoms with E-state index in [1.165, 1.54) is 0 Å². The van der Waals surface area contributed by atoms with Gasteiger partial charge >= 0.3 is 0 Å². The molecule has 0 saturated carbocycles. The number of nitrogens with one attached hydrogen (secondary N) is 2. The molecule has 1 rings (SSSR count). The predicted octanol–water partition coefficient (Wildman–Crippen LogP) is 1.20. The molecule has 6 heteroatoms. The summed E-state index contributed by atoms with van der Waals surface area (Å²) in [4.78, 5) is 0. The number of hydrogen-bond donors (Lipinski definition) is 2. The number of hydrogen-bond acceptors (Lipinski definition) is 4. The predicted molar refractivity (Wildman–Crippen MR) is 77.0 cm³/mol. The van der Waals surface area contributed by atoms with E-state index in [-0.39, 0.29) is 6.04 Å². The van der Waals surface area contributed by atoms with E-state index in [4.69, 9.17) is 4.74 Å². The molecule has 1 aromatic carbocycles. The molecule has 5 nitrogen and oxygen atoms in total. The molecule has 0 heterocycles. The van der Waals surface area contributed by atoms with Gasteiger partial charge in [0, 0.05) is 24.7 Å². The van der Waals surface area contributed by atoms with Gasteiger partial charge in [0.15, 0.2) is 0 Å². The second kappa shape index (κ2) is 6.88. The minimum absolute atomic E-state index is 0.0944. The molecular formula is C13H22N2O3S. The Labute approximate surface area is 115 Å². The summed E-state index contributed by atoms with van der Waals surface area (Å²) in [6.07, 6.45) is 1.15. The smallest absolute Gasteiger partial charge is 0.208 e. The first kappa shape index (κ1) is 15.9. The molecule has 0 saturated heterocycles. The summed E-state index contributed by atoms with van der Waals surface area (Å²) in [6.45, 7) is 4.97. The van der Waals surface area contributed by atoms with Gasteiger partial charge in [-0.2, -0.15) is 0 Å². The third-order valence-corrected chi connectivity index (χ3v) is 3.52. The summed E-state index contributed by atoms with van der Waals surface area (Å²) >= 11 is 0. The van der Waals surface area contributed by atoms with Crippen molar-refractivity contribution in [2.75, 3.05) is 26.5 Å². The Morgan fingerprint density at radius 1 is 1.32 bits per heavy atom. The van der Waals surface area contributed by atoms with E-state index in [1.807, 2.05) is 32.0 Å². The van der Waals surface area contributed by atoms with E-state index in [0.29, 0.717) is 13.1 Å². The zero-order chi connectivity index (χ0) is 14.5. The lowest BCUT2D eigenvalue weighted by molar-refractivity contribution is 0.401. The van der Waals surface area contributed by atoms with Crippen LogP contribution in [0.25, 0.3) is 0 Å². The van der Waals surface area contributed by atoms with Crippen LogP contribution in [0.15, 0.2) is 18.2 Å². The summed E-state index contributed by atoms with van der Waals surface area (Å²) < 4.78 is 29.7. The highest BCUT2D eigenvalue weighted by Crippen LogP contribution is 2.25. The Balaban J connectivity index is 2.56. The Kier molecular flexibility index (Phi) is 5.78. The van der Waals surface area contributed by atoms with Gasteiger partial charge in [0.25, 0.3) is 0 Å². The van der Waals surface area contributed by atoms with Crippen LogP contribution in [0.2, 0.25) is 0 Å². The molecule has 0 radical (unpaired) electrons. The highest BCUT2D eigenvalue weighted by Gasteiger charge is 2.11. The maximum atomic E-state index is 10.9. The van der Waals surface area contributed by atoms with Crippen molar-refractivity contribution in [1.29, 1.82) is 0 Å². The molecule has 1 aromatic rings. The first-order chi connectivity index (χ1) is 8.83. The van der Waals surface area contributed by atoms with Gasteiger partial charge in [0.2, 0.25) is 10.0 Å². The van der Waals surface area contributed by atoms with Crippen molar-refractivity contribution >= 4 is 10.0 Å². The van der Waals surface area contributed by atoms with Gasteiger partial charge in [-0.05, 0) is 25.5 Å². The van der Waals surface area contributed by atoms with Crippen LogP contribution in [0.1, 0.15) is 24.1 Å². The molecule has 0 bridgehead atoms. The first-order valence-corrected chi connectivity index (χ1v) is 8.05. The number of methoxy groups -OCH3 is 1. The van der Waals surface area contributed by atoms with Crippen molar-refractivity contribution < 1.29 is 13.2 Å². The molecule has 0 amide bonds. The van der Waals surface area contributed by atoms with E-state index in [9.17, 15) is 8.42 Å². The lowest BCUT2D eigenvalue weighted by Gasteiger charge is -2.17. The largest absolute Gasteiger partial charge is 0.496 e. The van der Waals surface area contributed by atoms with Crippen molar-refractivity contribution in [2.24, 2.45) is 0 Å². The van der Waals surface area contributed by atoms with Gasteiger partial charge in [-0.3, -0.25) is 0 Å². The highest BCUT2D eigenvalue weighted by molar-refractivity contribution is 7.88. The third-order valence-electron chi connectivity index (χ3n) is 2.80. The molecule has 0 fully saturated rings. The standard InChI is InChI=1S/C13H22N2O3S/c1-10-5-6-12(13(9-10)18-3)11(2)14-7-8-15-19(4,16)17/h5-6,9,11,14-15H,7-8H2,1-4H3. The van der Waals surface area contributed by atoms with Gasteiger partial charge in [-0.1, -0.05) is 12.1 Å². The first-order valence-electron chi connectivity index (χ1n) is 6.16. The normalized spacial score (nSPS) is 13.3. The number of aryl methyl sites for hydroxylation is 1. The van der Waals surface area contributed by atoms with E-state index in [1.54, 1.807) is 7.11 Å². The number of sulfonamides is 1. The van der Waals surface area contributed by atoms with Crippen LogP contribution in [-0.4, -0.2) is 34.9 Å². The monoisotopic (exact) mass is 286 g/mol. The maximum absolute atomic E-state index is 10.9.